The van der Waals surface area contributed by atoms with Crippen LogP contribution in [0.2, 0.25) is 0 Å². The Kier molecular flexibility index (Phi) is 6.12. The highest BCUT2D eigenvalue weighted by Crippen LogP contribution is 2.08. The van der Waals surface area contributed by atoms with Crippen LogP contribution in [0.4, 0.5) is 0 Å². The summed E-state index contributed by atoms with van der Waals surface area (Å²) in [4.78, 5) is 10.1. The molecule has 0 saturated carbocycles. The lowest BCUT2D eigenvalue weighted by molar-refractivity contribution is -0.107. The van der Waals surface area contributed by atoms with E-state index >= 15 is 0 Å². The number of unbranched alkanes of at least 4 members (excludes halogenated alkanes) is 1. The topological polar surface area (TPSA) is 51.2 Å². The minimum atomic E-state index is -3.05. The molecule has 0 aliphatic carbocycles. The second kappa shape index (κ2) is 6.54. The zero-order valence-corrected chi connectivity index (χ0v) is 9.38. The molecule has 0 saturated heterocycles. The number of carbonyl (C=O) groups excluding carboxylic acids is 1. The second-order valence-electron chi connectivity index (χ2n) is 3.05. The maximum Gasteiger partial charge on any atom is 0.168 e. The van der Waals surface area contributed by atoms with Crippen molar-refractivity contribution >= 4 is 16.1 Å². The lowest BCUT2D eigenvalue weighted by Crippen LogP contribution is -1.89. The molecule has 0 aliphatic heterocycles. The van der Waals surface area contributed by atoms with Crippen LogP contribution in [-0.4, -0.2) is 21.0 Å². The third kappa shape index (κ3) is 7.73. The summed E-state index contributed by atoms with van der Waals surface area (Å²) in [6.07, 6.45) is 7.48. The van der Waals surface area contributed by atoms with Crippen LogP contribution in [-0.2, 0) is 14.6 Å². The van der Waals surface area contributed by atoms with E-state index in [0.29, 0.717) is 6.42 Å². The van der Waals surface area contributed by atoms with E-state index in [1.165, 1.54) is 5.41 Å². The SMILES string of the molecule is C/C=C(/C=C/S(C)(=O)=O)CCCC=O. The smallest absolute Gasteiger partial charge is 0.168 e. The molecule has 0 unspecified atom stereocenters. The van der Waals surface area contributed by atoms with E-state index in [-0.39, 0.29) is 0 Å². The van der Waals surface area contributed by atoms with Gasteiger partial charge in [0, 0.05) is 18.1 Å². The molecule has 0 rings (SSSR count). The van der Waals surface area contributed by atoms with E-state index < -0.39 is 9.84 Å². The zero-order valence-electron chi connectivity index (χ0n) is 8.56. The maximum atomic E-state index is 10.8. The molecule has 0 fully saturated rings. The number of hydrogen-bond acceptors (Lipinski definition) is 3. The summed E-state index contributed by atoms with van der Waals surface area (Å²) in [5, 5.41) is 1.18. The van der Waals surface area contributed by atoms with Gasteiger partial charge in [-0.25, -0.2) is 8.42 Å². The standard InChI is InChI=1S/C10H16O3S/c1-3-10(6-4-5-8-11)7-9-14(2,12)13/h3,7-9H,4-6H2,1-2H3/b9-7+,10-3+. The number of sulfone groups is 1. The molecule has 80 valence electrons. The lowest BCUT2D eigenvalue weighted by Gasteiger charge is -1.98. The van der Waals surface area contributed by atoms with Crippen molar-refractivity contribution in [3.8, 4) is 0 Å². The van der Waals surface area contributed by atoms with Crippen LogP contribution in [0.3, 0.4) is 0 Å². The second-order valence-corrected chi connectivity index (χ2v) is 4.99. The fourth-order valence-corrected chi connectivity index (χ4v) is 1.35. The summed E-state index contributed by atoms with van der Waals surface area (Å²) in [6.45, 7) is 1.85. The van der Waals surface area contributed by atoms with Crippen LogP contribution in [0.25, 0.3) is 0 Å². The zero-order chi connectivity index (χ0) is 11.0. The monoisotopic (exact) mass is 216 g/mol. The van der Waals surface area contributed by atoms with Crippen LogP contribution in [0.1, 0.15) is 26.2 Å². The van der Waals surface area contributed by atoms with Gasteiger partial charge in [0.2, 0.25) is 0 Å². The lowest BCUT2D eigenvalue weighted by atomic mass is 10.1. The van der Waals surface area contributed by atoms with Crippen molar-refractivity contribution in [2.24, 2.45) is 0 Å². The third-order valence-electron chi connectivity index (χ3n) is 1.69. The summed E-state index contributed by atoms with van der Waals surface area (Å²) in [5.74, 6) is 0. The summed E-state index contributed by atoms with van der Waals surface area (Å²) in [6, 6.07) is 0. The first-order valence-corrected chi connectivity index (χ1v) is 6.42. The third-order valence-corrected chi connectivity index (χ3v) is 2.32. The van der Waals surface area contributed by atoms with Crippen LogP contribution in [0.15, 0.2) is 23.1 Å². The number of allylic oxidation sites excluding steroid dienone is 3. The Morgan fingerprint density at radius 1 is 1.36 bits per heavy atom. The average Bonchev–Trinajstić information content (AvgIpc) is 2.09. The van der Waals surface area contributed by atoms with Gasteiger partial charge in [0.15, 0.2) is 9.84 Å². The Balaban J connectivity index is 4.18. The van der Waals surface area contributed by atoms with Crippen molar-refractivity contribution in [3.63, 3.8) is 0 Å². The fraction of sp³-hybridized carbons (Fsp3) is 0.500. The van der Waals surface area contributed by atoms with Gasteiger partial charge in [-0.05, 0) is 25.8 Å². The fourth-order valence-electron chi connectivity index (χ4n) is 0.924. The summed E-state index contributed by atoms with van der Waals surface area (Å²) >= 11 is 0. The molecule has 0 aromatic rings. The van der Waals surface area contributed by atoms with Gasteiger partial charge in [0.1, 0.15) is 6.29 Å². The molecule has 0 amide bonds. The predicted molar refractivity (Wildman–Crippen MR) is 57.7 cm³/mol. The van der Waals surface area contributed by atoms with Crippen molar-refractivity contribution in [2.45, 2.75) is 26.2 Å². The highest BCUT2D eigenvalue weighted by molar-refractivity contribution is 7.93. The van der Waals surface area contributed by atoms with Crippen LogP contribution < -0.4 is 0 Å². The molecular weight excluding hydrogens is 200 g/mol. The van der Waals surface area contributed by atoms with Gasteiger partial charge in [-0.3, -0.25) is 0 Å². The molecule has 0 aromatic heterocycles. The molecule has 0 spiro atoms. The largest absolute Gasteiger partial charge is 0.303 e. The summed E-state index contributed by atoms with van der Waals surface area (Å²) < 4.78 is 21.6. The number of carbonyl (C=O) groups is 1. The molecule has 0 bridgehead atoms. The predicted octanol–water partition coefficient (Wildman–Crippen LogP) is 1.86. The average molecular weight is 216 g/mol. The molecule has 0 heterocycles. The van der Waals surface area contributed by atoms with Crippen molar-refractivity contribution in [2.75, 3.05) is 6.26 Å². The minimum absolute atomic E-state index is 0.518. The first-order valence-electron chi connectivity index (χ1n) is 4.46. The molecule has 4 heteroatoms. The van der Waals surface area contributed by atoms with Crippen molar-refractivity contribution in [3.05, 3.63) is 23.1 Å². The van der Waals surface area contributed by atoms with Crippen LogP contribution >= 0.6 is 0 Å². The van der Waals surface area contributed by atoms with Crippen molar-refractivity contribution in [1.29, 1.82) is 0 Å². The van der Waals surface area contributed by atoms with Crippen molar-refractivity contribution in [1.82, 2.24) is 0 Å². The van der Waals surface area contributed by atoms with E-state index in [2.05, 4.69) is 0 Å². The van der Waals surface area contributed by atoms with E-state index in [9.17, 15) is 13.2 Å². The van der Waals surface area contributed by atoms with Crippen molar-refractivity contribution < 1.29 is 13.2 Å². The van der Waals surface area contributed by atoms with Crippen LogP contribution in [0, 0.1) is 0 Å². The number of rotatable bonds is 6. The molecule has 0 aliphatic rings. The molecule has 0 radical (unpaired) electrons. The van der Waals surface area contributed by atoms with E-state index in [1.807, 2.05) is 13.0 Å². The van der Waals surface area contributed by atoms with Crippen LogP contribution in [0.5, 0.6) is 0 Å². The molecule has 14 heavy (non-hydrogen) atoms. The molecule has 0 atom stereocenters. The van der Waals surface area contributed by atoms with Gasteiger partial charge in [-0.15, -0.1) is 0 Å². The Hall–Kier alpha value is -0.900. The highest BCUT2D eigenvalue weighted by Gasteiger charge is 1.96. The maximum absolute atomic E-state index is 10.8. The first kappa shape index (κ1) is 13.1. The van der Waals surface area contributed by atoms with E-state index in [1.54, 1.807) is 6.08 Å². The van der Waals surface area contributed by atoms with Gasteiger partial charge >= 0.3 is 0 Å². The highest BCUT2D eigenvalue weighted by atomic mass is 32.2. The van der Waals surface area contributed by atoms with E-state index in [0.717, 1.165) is 31.0 Å². The Morgan fingerprint density at radius 3 is 2.43 bits per heavy atom. The normalized spacial score (nSPS) is 13.4. The van der Waals surface area contributed by atoms with E-state index in [4.69, 9.17) is 0 Å². The molecule has 0 N–H and O–H groups in total. The first-order chi connectivity index (χ1) is 6.49. The Morgan fingerprint density at radius 2 is 2.00 bits per heavy atom. The number of aldehydes is 1. The summed E-state index contributed by atoms with van der Waals surface area (Å²) in [5.41, 5.74) is 0.942. The number of hydrogen-bond donors (Lipinski definition) is 0. The Labute approximate surface area is 85.4 Å². The quantitative estimate of drug-likeness (QED) is 0.387. The van der Waals surface area contributed by atoms with Gasteiger partial charge in [-0.1, -0.05) is 11.6 Å². The van der Waals surface area contributed by atoms with Gasteiger partial charge in [0.25, 0.3) is 0 Å². The molecular formula is C10H16O3S. The van der Waals surface area contributed by atoms with Gasteiger partial charge < -0.3 is 4.79 Å². The minimum Gasteiger partial charge on any atom is -0.303 e. The Bertz CT molecular complexity index is 323. The van der Waals surface area contributed by atoms with Gasteiger partial charge in [0.05, 0.1) is 0 Å². The summed E-state index contributed by atoms with van der Waals surface area (Å²) in [7, 11) is -3.05. The molecule has 0 aromatic carbocycles. The van der Waals surface area contributed by atoms with Gasteiger partial charge in [-0.2, -0.15) is 0 Å². The molecule has 3 nitrogen and oxygen atoms in total.